The lowest BCUT2D eigenvalue weighted by molar-refractivity contribution is -0.156. The molecule has 2 heterocycles. The predicted molar refractivity (Wildman–Crippen MR) is 78.9 cm³/mol. The normalized spacial score (nSPS) is 31.9. The van der Waals surface area contributed by atoms with Crippen LogP contribution in [-0.2, 0) is 9.59 Å². The second kappa shape index (κ2) is 5.41. The van der Waals surface area contributed by atoms with E-state index >= 15 is 0 Å². The van der Waals surface area contributed by atoms with Crippen LogP contribution >= 0.6 is 12.2 Å². The molecular weight excluding hydrogens is 274 g/mol. The molecule has 2 aliphatic heterocycles. The Bertz CT molecular complexity index is 424. The number of hydrogen-bond acceptors (Lipinski definition) is 4. The molecule has 1 aliphatic carbocycles. The van der Waals surface area contributed by atoms with Gasteiger partial charge >= 0.3 is 0 Å². The SMILES string of the molecule is NC(=S)CN1CCC(N2C(=O)C3CCC(C3)C2=O)CC1. The average molecular weight is 295 g/mol. The summed E-state index contributed by atoms with van der Waals surface area (Å²) < 4.78 is 0. The number of nitrogens with two attached hydrogens (primary N) is 1. The molecule has 2 bridgehead atoms. The van der Waals surface area contributed by atoms with Crippen molar-refractivity contribution in [3.8, 4) is 0 Å². The number of hydrogen-bond donors (Lipinski definition) is 1. The van der Waals surface area contributed by atoms with Crippen LogP contribution in [0.1, 0.15) is 32.1 Å². The zero-order valence-corrected chi connectivity index (χ0v) is 12.4. The molecule has 20 heavy (non-hydrogen) atoms. The molecule has 2 amide bonds. The molecule has 0 radical (unpaired) electrons. The van der Waals surface area contributed by atoms with Gasteiger partial charge in [0.05, 0.1) is 4.99 Å². The van der Waals surface area contributed by atoms with Gasteiger partial charge in [0.1, 0.15) is 0 Å². The summed E-state index contributed by atoms with van der Waals surface area (Å²) in [6.07, 6.45) is 4.27. The van der Waals surface area contributed by atoms with E-state index in [1.165, 1.54) is 0 Å². The monoisotopic (exact) mass is 295 g/mol. The lowest BCUT2D eigenvalue weighted by Crippen LogP contribution is -2.55. The second-order valence-corrected chi connectivity index (χ2v) is 6.75. The van der Waals surface area contributed by atoms with E-state index in [4.69, 9.17) is 18.0 Å². The standard InChI is InChI=1S/C14H21N3O2S/c15-12(20)8-16-5-3-11(4-6-16)17-13(18)9-1-2-10(7-9)14(17)19/h9-11H,1-8H2,(H2,15,20). The zero-order chi connectivity index (χ0) is 14.3. The van der Waals surface area contributed by atoms with E-state index in [2.05, 4.69) is 4.90 Å². The highest BCUT2D eigenvalue weighted by Gasteiger charge is 2.47. The predicted octanol–water partition coefficient (Wildman–Crippen LogP) is 0.522. The first-order chi connectivity index (χ1) is 9.56. The molecule has 1 saturated carbocycles. The fraction of sp³-hybridized carbons (Fsp3) is 0.786. The molecule has 5 nitrogen and oxygen atoms in total. The molecule has 110 valence electrons. The molecule has 2 unspecified atom stereocenters. The van der Waals surface area contributed by atoms with Gasteiger partial charge in [-0.05, 0) is 32.1 Å². The number of carbonyl (C=O) groups is 2. The van der Waals surface area contributed by atoms with Crippen LogP contribution in [0, 0.1) is 11.8 Å². The quantitative estimate of drug-likeness (QED) is 0.607. The van der Waals surface area contributed by atoms with E-state index < -0.39 is 0 Å². The van der Waals surface area contributed by atoms with Crippen molar-refractivity contribution >= 4 is 29.0 Å². The van der Waals surface area contributed by atoms with Gasteiger partial charge in [-0.15, -0.1) is 0 Å². The molecule has 3 rings (SSSR count). The van der Waals surface area contributed by atoms with Crippen molar-refractivity contribution in [3.05, 3.63) is 0 Å². The minimum absolute atomic E-state index is 0.0801. The number of imide groups is 1. The summed E-state index contributed by atoms with van der Waals surface area (Å²) in [7, 11) is 0. The molecule has 6 heteroatoms. The maximum atomic E-state index is 12.4. The van der Waals surface area contributed by atoms with Gasteiger partial charge in [0.2, 0.25) is 11.8 Å². The van der Waals surface area contributed by atoms with Gasteiger partial charge in [0.25, 0.3) is 0 Å². The summed E-state index contributed by atoms with van der Waals surface area (Å²) >= 11 is 4.93. The molecular formula is C14H21N3O2S. The van der Waals surface area contributed by atoms with Crippen molar-refractivity contribution in [1.29, 1.82) is 0 Å². The number of nitrogens with zero attached hydrogens (tertiary/aromatic N) is 2. The fourth-order valence-corrected chi connectivity index (χ4v) is 4.03. The van der Waals surface area contributed by atoms with Crippen LogP contribution in [0.2, 0.25) is 0 Å². The number of piperidine rings is 2. The molecule has 3 aliphatic rings. The van der Waals surface area contributed by atoms with Gasteiger partial charge in [-0.3, -0.25) is 19.4 Å². The van der Waals surface area contributed by atoms with Crippen LogP contribution in [0.5, 0.6) is 0 Å². The van der Waals surface area contributed by atoms with Crippen molar-refractivity contribution < 1.29 is 9.59 Å². The van der Waals surface area contributed by atoms with Gasteiger partial charge in [-0.25, -0.2) is 0 Å². The van der Waals surface area contributed by atoms with E-state index in [-0.39, 0.29) is 29.7 Å². The first kappa shape index (κ1) is 13.9. The fourth-order valence-electron chi connectivity index (χ4n) is 3.85. The van der Waals surface area contributed by atoms with Crippen LogP contribution in [-0.4, -0.2) is 52.3 Å². The number of fused-ring (bicyclic) bond motifs is 2. The first-order valence-corrected chi connectivity index (χ1v) is 7.84. The number of amides is 2. The Morgan fingerprint density at radius 3 is 2.15 bits per heavy atom. The summed E-state index contributed by atoms with van der Waals surface area (Å²) in [4.78, 5) is 29.1. The van der Waals surface area contributed by atoms with Gasteiger partial charge in [0, 0.05) is 37.5 Å². The van der Waals surface area contributed by atoms with Crippen LogP contribution in [0.4, 0.5) is 0 Å². The Kier molecular flexibility index (Phi) is 3.77. The highest BCUT2D eigenvalue weighted by molar-refractivity contribution is 7.80. The molecule has 0 aromatic rings. The molecule has 0 aromatic heterocycles. The summed E-state index contributed by atoms with van der Waals surface area (Å²) in [6.45, 7) is 2.35. The van der Waals surface area contributed by atoms with Crippen LogP contribution in [0.15, 0.2) is 0 Å². The summed E-state index contributed by atoms with van der Waals surface area (Å²) in [5.74, 6) is 0.368. The smallest absolute Gasteiger partial charge is 0.232 e. The number of carbonyl (C=O) groups excluding carboxylic acids is 2. The van der Waals surface area contributed by atoms with Crippen molar-refractivity contribution in [3.63, 3.8) is 0 Å². The Morgan fingerprint density at radius 1 is 1.10 bits per heavy atom. The Balaban J connectivity index is 1.64. The number of likely N-dealkylation sites (tertiary alicyclic amines) is 2. The molecule has 3 fully saturated rings. The molecule has 2 N–H and O–H groups in total. The third-order valence-electron chi connectivity index (χ3n) is 4.91. The molecule has 2 atom stereocenters. The minimum atomic E-state index is 0.0801. The molecule has 0 aromatic carbocycles. The van der Waals surface area contributed by atoms with Crippen LogP contribution < -0.4 is 5.73 Å². The minimum Gasteiger partial charge on any atom is -0.392 e. The lowest BCUT2D eigenvalue weighted by Gasteiger charge is -2.40. The topological polar surface area (TPSA) is 66.6 Å². The highest BCUT2D eigenvalue weighted by atomic mass is 32.1. The van der Waals surface area contributed by atoms with Crippen molar-refractivity contribution in [2.75, 3.05) is 19.6 Å². The first-order valence-electron chi connectivity index (χ1n) is 7.44. The number of thiocarbonyl (C=S) groups is 1. The van der Waals surface area contributed by atoms with Crippen molar-refractivity contribution in [2.24, 2.45) is 17.6 Å². The van der Waals surface area contributed by atoms with Gasteiger partial charge in [-0.1, -0.05) is 12.2 Å². The van der Waals surface area contributed by atoms with E-state index in [0.717, 1.165) is 45.2 Å². The maximum Gasteiger partial charge on any atom is 0.232 e. The van der Waals surface area contributed by atoms with Gasteiger partial charge in [0.15, 0.2) is 0 Å². The Labute approximate surface area is 124 Å². The van der Waals surface area contributed by atoms with Crippen LogP contribution in [0.3, 0.4) is 0 Å². The zero-order valence-electron chi connectivity index (χ0n) is 11.6. The van der Waals surface area contributed by atoms with Gasteiger partial charge < -0.3 is 5.73 Å². The summed E-state index contributed by atoms with van der Waals surface area (Å²) in [6, 6.07) is 0.0843. The lowest BCUT2D eigenvalue weighted by atomic mass is 9.92. The highest BCUT2D eigenvalue weighted by Crippen LogP contribution is 2.39. The summed E-state index contributed by atoms with van der Waals surface area (Å²) in [5.41, 5.74) is 5.56. The molecule has 0 spiro atoms. The summed E-state index contributed by atoms with van der Waals surface area (Å²) in [5, 5.41) is 0. The van der Waals surface area contributed by atoms with Crippen molar-refractivity contribution in [1.82, 2.24) is 9.80 Å². The van der Waals surface area contributed by atoms with E-state index in [9.17, 15) is 9.59 Å². The third-order valence-corrected chi connectivity index (χ3v) is 5.04. The maximum absolute atomic E-state index is 12.4. The Morgan fingerprint density at radius 2 is 1.65 bits per heavy atom. The van der Waals surface area contributed by atoms with E-state index in [0.29, 0.717) is 11.5 Å². The van der Waals surface area contributed by atoms with Crippen LogP contribution in [0.25, 0.3) is 0 Å². The Hall–Kier alpha value is -1.01. The third kappa shape index (κ3) is 2.46. The molecule has 2 saturated heterocycles. The largest absolute Gasteiger partial charge is 0.392 e. The van der Waals surface area contributed by atoms with E-state index in [1.807, 2.05) is 0 Å². The second-order valence-electron chi connectivity index (χ2n) is 6.23. The number of rotatable bonds is 3. The average Bonchev–Trinajstić information content (AvgIpc) is 2.85. The van der Waals surface area contributed by atoms with Gasteiger partial charge in [-0.2, -0.15) is 0 Å². The van der Waals surface area contributed by atoms with Crippen molar-refractivity contribution in [2.45, 2.75) is 38.1 Å². The van der Waals surface area contributed by atoms with E-state index in [1.54, 1.807) is 4.90 Å².